The van der Waals surface area contributed by atoms with Crippen molar-refractivity contribution in [3.63, 3.8) is 0 Å². The van der Waals surface area contributed by atoms with Crippen molar-refractivity contribution in [3.05, 3.63) is 62.7 Å². The Morgan fingerprint density at radius 2 is 1.92 bits per heavy atom. The number of nitro groups is 1. The van der Waals surface area contributed by atoms with E-state index in [2.05, 4.69) is 4.99 Å². The van der Waals surface area contributed by atoms with Crippen LogP contribution in [-0.2, 0) is 10.0 Å². The molecule has 2 aromatic carbocycles. The van der Waals surface area contributed by atoms with Crippen molar-refractivity contribution < 1.29 is 18.4 Å². The summed E-state index contributed by atoms with van der Waals surface area (Å²) >= 11 is 5.81. The summed E-state index contributed by atoms with van der Waals surface area (Å²) in [6.45, 7) is 1.73. The lowest BCUT2D eigenvalue weighted by Crippen LogP contribution is -2.12. The molecule has 10 heteroatoms. The van der Waals surface area contributed by atoms with E-state index in [9.17, 15) is 23.6 Å². The van der Waals surface area contributed by atoms with Crippen LogP contribution in [0.1, 0.15) is 24.1 Å². The number of primary sulfonamides is 1. The normalized spacial score (nSPS) is 13.1. The van der Waals surface area contributed by atoms with Crippen molar-refractivity contribution in [1.82, 2.24) is 0 Å². The lowest BCUT2D eigenvalue weighted by molar-refractivity contribution is -0.385. The molecular weight excluding hydrogens is 370 g/mol. The summed E-state index contributed by atoms with van der Waals surface area (Å²) in [4.78, 5) is 14.3. The third-order valence-electron chi connectivity index (χ3n) is 3.41. The van der Waals surface area contributed by atoms with Crippen molar-refractivity contribution in [3.8, 4) is 5.75 Å². The summed E-state index contributed by atoms with van der Waals surface area (Å²) in [5, 5.41) is 25.9. The number of nitrogens with two attached hydrogens (primary N) is 1. The maximum atomic E-state index is 11.2. The highest BCUT2D eigenvalue weighted by Gasteiger charge is 2.18. The van der Waals surface area contributed by atoms with Crippen molar-refractivity contribution in [2.24, 2.45) is 10.1 Å². The first-order chi connectivity index (χ1) is 11.6. The molecule has 0 radical (unpaired) electrons. The highest BCUT2D eigenvalue weighted by Crippen LogP contribution is 2.32. The van der Waals surface area contributed by atoms with Crippen molar-refractivity contribution in [2.45, 2.75) is 17.9 Å². The molecule has 0 aliphatic rings. The highest BCUT2D eigenvalue weighted by molar-refractivity contribution is 7.89. The van der Waals surface area contributed by atoms with Crippen LogP contribution in [0.15, 0.2) is 46.3 Å². The molecule has 0 saturated carbocycles. The fraction of sp³-hybridized carbons (Fsp3) is 0.133. The number of nitro benzene ring substituents is 1. The van der Waals surface area contributed by atoms with E-state index < -0.39 is 32.4 Å². The van der Waals surface area contributed by atoms with Gasteiger partial charge in [-0.25, -0.2) is 13.6 Å². The van der Waals surface area contributed by atoms with Gasteiger partial charge in [0.25, 0.3) is 0 Å². The maximum Gasteiger partial charge on any atom is 0.312 e. The zero-order valence-corrected chi connectivity index (χ0v) is 14.5. The van der Waals surface area contributed by atoms with Crippen LogP contribution < -0.4 is 5.14 Å². The molecule has 0 saturated heterocycles. The van der Waals surface area contributed by atoms with Crippen molar-refractivity contribution in [2.75, 3.05) is 0 Å². The molecule has 0 aliphatic heterocycles. The molecule has 0 fully saturated rings. The molecule has 0 aromatic heterocycles. The number of benzene rings is 2. The van der Waals surface area contributed by atoms with Crippen LogP contribution in [0, 0.1) is 10.1 Å². The Balaban J connectivity index is 2.29. The predicted molar refractivity (Wildman–Crippen MR) is 93.6 cm³/mol. The Bertz CT molecular complexity index is 942. The van der Waals surface area contributed by atoms with E-state index in [1.165, 1.54) is 24.4 Å². The molecular formula is C15H14ClN3O5S. The summed E-state index contributed by atoms with van der Waals surface area (Å²) in [5.74, 6) is -0.532. The highest BCUT2D eigenvalue weighted by atomic mass is 35.5. The molecule has 0 aliphatic carbocycles. The predicted octanol–water partition coefficient (Wildman–Crippen LogP) is 2.78. The molecule has 132 valence electrons. The molecule has 0 heterocycles. The van der Waals surface area contributed by atoms with Crippen LogP contribution in [0.2, 0.25) is 5.02 Å². The Labute approximate surface area is 148 Å². The number of hydrogen-bond acceptors (Lipinski definition) is 6. The summed E-state index contributed by atoms with van der Waals surface area (Å²) in [6.07, 6.45) is 1.27. The minimum Gasteiger partial charge on any atom is -0.502 e. The van der Waals surface area contributed by atoms with E-state index in [0.29, 0.717) is 5.56 Å². The van der Waals surface area contributed by atoms with Gasteiger partial charge in [0.1, 0.15) is 0 Å². The summed E-state index contributed by atoms with van der Waals surface area (Å²) in [6, 6.07) is 7.83. The Kier molecular flexibility index (Phi) is 5.41. The smallest absolute Gasteiger partial charge is 0.312 e. The zero-order chi connectivity index (χ0) is 18.8. The van der Waals surface area contributed by atoms with Gasteiger partial charge >= 0.3 is 5.69 Å². The third-order valence-corrected chi connectivity index (χ3v) is 4.56. The first-order valence-corrected chi connectivity index (χ1v) is 8.85. The van der Waals surface area contributed by atoms with E-state index >= 15 is 0 Å². The Hall–Kier alpha value is -2.49. The van der Waals surface area contributed by atoms with Crippen molar-refractivity contribution in [1.29, 1.82) is 0 Å². The van der Waals surface area contributed by atoms with Crippen LogP contribution in [-0.4, -0.2) is 24.7 Å². The molecule has 0 bridgehead atoms. The second-order valence-electron chi connectivity index (χ2n) is 5.19. The van der Waals surface area contributed by atoms with Gasteiger partial charge in [-0.1, -0.05) is 23.7 Å². The largest absolute Gasteiger partial charge is 0.502 e. The zero-order valence-electron chi connectivity index (χ0n) is 13.0. The second-order valence-corrected chi connectivity index (χ2v) is 7.19. The first kappa shape index (κ1) is 18.8. The number of nitrogens with zero attached hydrogens (tertiary/aromatic N) is 2. The molecule has 0 amide bonds. The molecule has 0 unspecified atom stereocenters. The Morgan fingerprint density at radius 3 is 2.44 bits per heavy atom. The third kappa shape index (κ3) is 4.53. The molecule has 2 aromatic rings. The lowest BCUT2D eigenvalue weighted by Gasteiger charge is -2.08. The van der Waals surface area contributed by atoms with Crippen molar-refractivity contribution >= 4 is 33.5 Å². The first-order valence-electron chi connectivity index (χ1n) is 6.92. The number of aromatic hydroxyl groups is 1. The summed E-state index contributed by atoms with van der Waals surface area (Å²) < 4.78 is 22.5. The number of rotatable bonds is 5. The van der Waals surface area contributed by atoms with Gasteiger partial charge in [-0.3, -0.25) is 15.1 Å². The van der Waals surface area contributed by atoms with Crippen LogP contribution in [0.4, 0.5) is 5.69 Å². The number of phenolic OH excluding ortho intramolecular Hbond substituents is 1. The minimum atomic E-state index is -3.77. The quantitative estimate of drug-likeness (QED) is 0.464. The average molecular weight is 384 g/mol. The maximum absolute atomic E-state index is 11.2. The fourth-order valence-corrected chi connectivity index (χ4v) is 2.79. The number of hydrogen-bond donors (Lipinski definition) is 2. The van der Waals surface area contributed by atoms with E-state index in [0.717, 1.165) is 6.07 Å². The van der Waals surface area contributed by atoms with Gasteiger partial charge in [0.2, 0.25) is 15.8 Å². The average Bonchev–Trinajstić information content (AvgIpc) is 2.54. The SMILES string of the molecule is C[C@@H](N=Cc1cc(Cl)cc([N+](=O)[O-])c1O)c1ccc(S(N)(=O)=O)cc1. The van der Waals surface area contributed by atoms with Gasteiger partial charge in [0, 0.05) is 22.9 Å². The van der Waals surface area contributed by atoms with E-state index in [4.69, 9.17) is 16.7 Å². The van der Waals surface area contributed by atoms with Crippen LogP contribution in [0.25, 0.3) is 0 Å². The lowest BCUT2D eigenvalue weighted by atomic mass is 10.1. The number of sulfonamides is 1. The van der Waals surface area contributed by atoms with E-state index in [1.54, 1.807) is 19.1 Å². The van der Waals surface area contributed by atoms with E-state index in [-0.39, 0.29) is 15.5 Å². The topological polar surface area (TPSA) is 136 Å². The number of halogens is 1. The summed E-state index contributed by atoms with van der Waals surface area (Å²) in [5.41, 5.74) is 0.283. The fourth-order valence-electron chi connectivity index (χ4n) is 2.06. The summed E-state index contributed by atoms with van der Waals surface area (Å²) in [7, 11) is -3.77. The van der Waals surface area contributed by atoms with Crippen LogP contribution >= 0.6 is 11.6 Å². The van der Waals surface area contributed by atoms with E-state index in [1.807, 2.05) is 0 Å². The molecule has 0 spiro atoms. The standard InChI is InChI=1S/C15H14ClN3O5S/c1-9(10-2-4-13(5-3-10)25(17,23)24)18-8-11-6-12(16)7-14(15(11)20)19(21)22/h2-9,20H,1H3,(H2,17,23,24)/t9-/m1/s1. The molecule has 25 heavy (non-hydrogen) atoms. The van der Waals surface area contributed by atoms with Crippen LogP contribution in [0.5, 0.6) is 5.75 Å². The van der Waals surface area contributed by atoms with Gasteiger partial charge in [-0.2, -0.15) is 0 Å². The molecule has 8 nitrogen and oxygen atoms in total. The number of aliphatic imine (C=N–C) groups is 1. The second kappa shape index (κ2) is 7.18. The van der Waals surface area contributed by atoms with Gasteiger partial charge in [-0.15, -0.1) is 0 Å². The Morgan fingerprint density at radius 1 is 1.32 bits per heavy atom. The molecule has 1 atom stereocenters. The van der Waals surface area contributed by atoms with Gasteiger partial charge in [0.15, 0.2) is 0 Å². The van der Waals surface area contributed by atoms with Gasteiger partial charge < -0.3 is 5.11 Å². The molecule has 3 N–H and O–H groups in total. The monoisotopic (exact) mass is 383 g/mol. The molecule has 2 rings (SSSR count). The number of phenols is 1. The van der Waals surface area contributed by atoms with Crippen LogP contribution in [0.3, 0.4) is 0 Å². The minimum absolute atomic E-state index is 0.0180. The van der Waals surface area contributed by atoms with Gasteiger partial charge in [-0.05, 0) is 30.7 Å². The van der Waals surface area contributed by atoms with Gasteiger partial charge in [0.05, 0.1) is 15.9 Å².